The molecule has 1 fully saturated rings. The van der Waals surface area contributed by atoms with Crippen LogP contribution in [-0.2, 0) is 4.79 Å². The average molecular weight is 215 g/mol. The van der Waals surface area contributed by atoms with Crippen molar-refractivity contribution in [2.75, 3.05) is 26.2 Å². The molecule has 1 heterocycles. The van der Waals surface area contributed by atoms with Gasteiger partial charge < -0.3 is 16.2 Å². The van der Waals surface area contributed by atoms with Gasteiger partial charge in [0.2, 0.25) is 0 Å². The molecule has 5 nitrogen and oxygen atoms in total. The Morgan fingerprint density at radius 3 is 2.87 bits per heavy atom. The zero-order valence-corrected chi connectivity index (χ0v) is 9.49. The molecule has 0 aliphatic carbocycles. The molecular weight excluding hydrogens is 194 g/mol. The molecule has 1 atom stereocenters. The first-order chi connectivity index (χ1) is 6.88. The molecule has 1 aliphatic rings. The minimum Gasteiger partial charge on any atom is -0.480 e. The van der Waals surface area contributed by atoms with E-state index in [4.69, 9.17) is 10.8 Å². The number of hydrogen-bond acceptors (Lipinski definition) is 4. The summed E-state index contributed by atoms with van der Waals surface area (Å²) in [5, 5.41) is 11.8. The van der Waals surface area contributed by atoms with Crippen LogP contribution >= 0.6 is 0 Å². The first-order valence-electron chi connectivity index (χ1n) is 5.36. The van der Waals surface area contributed by atoms with E-state index < -0.39 is 12.0 Å². The molecule has 0 saturated carbocycles. The Morgan fingerprint density at radius 2 is 2.33 bits per heavy atom. The van der Waals surface area contributed by atoms with Crippen LogP contribution in [0.3, 0.4) is 0 Å². The average Bonchev–Trinajstić information content (AvgIpc) is 2.14. The van der Waals surface area contributed by atoms with Crippen LogP contribution in [0.1, 0.15) is 20.3 Å². The maximum atomic E-state index is 10.8. The van der Waals surface area contributed by atoms with E-state index in [1.807, 2.05) is 13.8 Å². The van der Waals surface area contributed by atoms with Crippen molar-refractivity contribution in [3.8, 4) is 0 Å². The van der Waals surface area contributed by atoms with Gasteiger partial charge in [-0.15, -0.1) is 0 Å². The quantitative estimate of drug-likeness (QED) is 0.587. The van der Waals surface area contributed by atoms with E-state index in [2.05, 4.69) is 10.2 Å². The Hall–Kier alpha value is -0.650. The summed E-state index contributed by atoms with van der Waals surface area (Å²) in [6, 6.07) is -0.431. The van der Waals surface area contributed by atoms with Crippen LogP contribution in [0.25, 0.3) is 0 Å². The molecule has 1 rings (SSSR count). The molecule has 4 N–H and O–H groups in total. The summed E-state index contributed by atoms with van der Waals surface area (Å²) in [6.07, 6.45) is 0.888. The van der Waals surface area contributed by atoms with Crippen molar-refractivity contribution in [1.29, 1.82) is 0 Å². The SMILES string of the molecule is CC(C)(N)CCN1CCNC(C(=O)O)C1. The van der Waals surface area contributed by atoms with E-state index in [0.717, 1.165) is 26.1 Å². The summed E-state index contributed by atoms with van der Waals surface area (Å²) >= 11 is 0. The van der Waals surface area contributed by atoms with E-state index in [1.54, 1.807) is 0 Å². The zero-order valence-electron chi connectivity index (χ0n) is 9.49. The van der Waals surface area contributed by atoms with Gasteiger partial charge in [-0.2, -0.15) is 0 Å². The van der Waals surface area contributed by atoms with Gasteiger partial charge in [-0.05, 0) is 26.8 Å². The summed E-state index contributed by atoms with van der Waals surface area (Å²) in [7, 11) is 0. The van der Waals surface area contributed by atoms with Crippen LogP contribution in [0, 0.1) is 0 Å². The number of carboxylic acid groups (broad SMARTS) is 1. The monoisotopic (exact) mass is 215 g/mol. The maximum Gasteiger partial charge on any atom is 0.322 e. The molecule has 5 heteroatoms. The van der Waals surface area contributed by atoms with Crippen molar-refractivity contribution in [2.45, 2.75) is 31.8 Å². The molecule has 0 aromatic rings. The minimum atomic E-state index is -0.772. The summed E-state index contributed by atoms with van der Waals surface area (Å²) in [5.74, 6) is -0.772. The largest absolute Gasteiger partial charge is 0.480 e. The molecule has 0 bridgehead atoms. The number of aliphatic carboxylic acids is 1. The molecule has 1 aliphatic heterocycles. The highest BCUT2D eigenvalue weighted by Crippen LogP contribution is 2.07. The van der Waals surface area contributed by atoms with Crippen LogP contribution in [-0.4, -0.2) is 53.7 Å². The molecule has 0 radical (unpaired) electrons. The van der Waals surface area contributed by atoms with E-state index >= 15 is 0 Å². The van der Waals surface area contributed by atoms with Gasteiger partial charge in [-0.1, -0.05) is 0 Å². The lowest BCUT2D eigenvalue weighted by atomic mass is 10.0. The molecule has 0 aromatic carbocycles. The molecule has 0 aromatic heterocycles. The number of carbonyl (C=O) groups is 1. The Morgan fingerprint density at radius 1 is 1.67 bits per heavy atom. The first kappa shape index (κ1) is 12.4. The van der Waals surface area contributed by atoms with Gasteiger partial charge in [0.1, 0.15) is 6.04 Å². The maximum absolute atomic E-state index is 10.8. The lowest BCUT2D eigenvalue weighted by Crippen LogP contribution is -2.55. The van der Waals surface area contributed by atoms with Crippen molar-refractivity contribution < 1.29 is 9.90 Å². The number of piperazine rings is 1. The highest BCUT2D eigenvalue weighted by Gasteiger charge is 2.25. The fourth-order valence-corrected chi connectivity index (χ4v) is 1.63. The number of nitrogens with one attached hydrogen (secondary N) is 1. The molecule has 0 spiro atoms. The number of nitrogens with zero attached hydrogens (tertiary/aromatic N) is 1. The number of rotatable bonds is 4. The predicted molar refractivity (Wildman–Crippen MR) is 58.7 cm³/mol. The molecular formula is C10H21N3O2. The van der Waals surface area contributed by atoms with Gasteiger partial charge in [-0.25, -0.2) is 0 Å². The van der Waals surface area contributed by atoms with Gasteiger partial charge in [0.15, 0.2) is 0 Å². The lowest BCUT2D eigenvalue weighted by Gasteiger charge is -2.33. The van der Waals surface area contributed by atoms with Gasteiger partial charge >= 0.3 is 5.97 Å². The third-order valence-electron chi connectivity index (χ3n) is 2.63. The standard InChI is InChI=1S/C10H21N3O2/c1-10(2,11)3-5-13-6-4-12-8(7-13)9(14)15/h8,12H,3-7,11H2,1-2H3,(H,14,15). The van der Waals surface area contributed by atoms with Crippen molar-refractivity contribution in [1.82, 2.24) is 10.2 Å². The Balaban J connectivity index is 2.34. The van der Waals surface area contributed by atoms with Crippen LogP contribution in [0.15, 0.2) is 0 Å². The Kier molecular flexibility index (Phi) is 4.07. The van der Waals surface area contributed by atoms with Crippen molar-refractivity contribution in [3.05, 3.63) is 0 Å². The fraction of sp³-hybridized carbons (Fsp3) is 0.900. The van der Waals surface area contributed by atoms with Gasteiger partial charge in [0, 0.05) is 25.2 Å². The predicted octanol–water partition coefficient (Wildman–Crippen LogP) is -0.528. The topological polar surface area (TPSA) is 78.6 Å². The van der Waals surface area contributed by atoms with Gasteiger partial charge in [-0.3, -0.25) is 9.69 Å². The highest BCUT2D eigenvalue weighted by molar-refractivity contribution is 5.73. The first-order valence-corrected chi connectivity index (χ1v) is 5.36. The van der Waals surface area contributed by atoms with Crippen LogP contribution in [0.4, 0.5) is 0 Å². The van der Waals surface area contributed by atoms with Crippen molar-refractivity contribution >= 4 is 5.97 Å². The van der Waals surface area contributed by atoms with E-state index in [0.29, 0.717) is 6.54 Å². The van der Waals surface area contributed by atoms with E-state index in [1.165, 1.54) is 0 Å². The number of carboxylic acids is 1. The lowest BCUT2D eigenvalue weighted by molar-refractivity contribution is -0.140. The summed E-state index contributed by atoms with van der Waals surface area (Å²) in [4.78, 5) is 12.9. The summed E-state index contributed by atoms with van der Waals surface area (Å²) in [6.45, 7) is 7.07. The van der Waals surface area contributed by atoms with E-state index in [9.17, 15) is 4.79 Å². The molecule has 88 valence electrons. The second kappa shape index (κ2) is 4.92. The van der Waals surface area contributed by atoms with Gasteiger partial charge in [0.05, 0.1) is 0 Å². The number of hydrogen-bond donors (Lipinski definition) is 3. The third kappa shape index (κ3) is 4.59. The second-order valence-electron chi connectivity index (χ2n) is 4.88. The van der Waals surface area contributed by atoms with Gasteiger partial charge in [0.25, 0.3) is 0 Å². The Bertz CT molecular complexity index is 225. The fourth-order valence-electron chi connectivity index (χ4n) is 1.63. The third-order valence-corrected chi connectivity index (χ3v) is 2.63. The molecule has 1 unspecified atom stereocenters. The molecule has 15 heavy (non-hydrogen) atoms. The molecule has 1 saturated heterocycles. The summed E-state index contributed by atoms with van der Waals surface area (Å²) in [5.41, 5.74) is 5.71. The highest BCUT2D eigenvalue weighted by atomic mass is 16.4. The minimum absolute atomic E-state index is 0.177. The zero-order chi connectivity index (χ0) is 11.5. The van der Waals surface area contributed by atoms with Crippen LogP contribution < -0.4 is 11.1 Å². The normalized spacial score (nSPS) is 24.1. The van der Waals surface area contributed by atoms with Crippen LogP contribution in [0.5, 0.6) is 0 Å². The number of nitrogens with two attached hydrogens (primary N) is 1. The van der Waals surface area contributed by atoms with Crippen molar-refractivity contribution in [2.24, 2.45) is 5.73 Å². The van der Waals surface area contributed by atoms with E-state index in [-0.39, 0.29) is 5.54 Å². The summed E-state index contributed by atoms with van der Waals surface area (Å²) < 4.78 is 0. The molecule has 0 amide bonds. The second-order valence-corrected chi connectivity index (χ2v) is 4.88. The Labute approximate surface area is 90.6 Å². The van der Waals surface area contributed by atoms with Crippen LogP contribution in [0.2, 0.25) is 0 Å². The van der Waals surface area contributed by atoms with Crippen molar-refractivity contribution in [3.63, 3.8) is 0 Å². The smallest absolute Gasteiger partial charge is 0.322 e.